The van der Waals surface area contributed by atoms with Crippen molar-refractivity contribution < 1.29 is 19.8 Å². The lowest BCUT2D eigenvalue weighted by molar-refractivity contribution is -0.143. The van der Waals surface area contributed by atoms with E-state index in [9.17, 15) is 9.59 Å². The number of amides is 1. The predicted octanol–water partition coefficient (Wildman–Crippen LogP) is -1.08. The molecule has 0 saturated carbocycles. The number of nitrogens with one attached hydrogen (secondary N) is 1. The van der Waals surface area contributed by atoms with Gasteiger partial charge in [0.05, 0.1) is 12.6 Å². The first-order valence-corrected chi connectivity index (χ1v) is 4.59. The molecule has 0 fully saturated rings. The minimum atomic E-state index is -1.30. The summed E-state index contributed by atoms with van der Waals surface area (Å²) in [5.41, 5.74) is 5.16. The Morgan fingerprint density at radius 1 is 1.40 bits per heavy atom. The Morgan fingerprint density at radius 3 is 2.13 bits per heavy atom. The van der Waals surface area contributed by atoms with E-state index in [0.717, 1.165) is 0 Å². The SMILES string of the molecule is CC(C)(C)[C@@H](N)C(=O)N[C@@H](CO)C(=O)O. The van der Waals surface area contributed by atoms with E-state index in [4.69, 9.17) is 15.9 Å². The maximum absolute atomic E-state index is 11.5. The van der Waals surface area contributed by atoms with Crippen molar-refractivity contribution >= 4 is 11.9 Å². The van der Waals surface area contributed by atoms with Crippen LogP contribution < -0.4 is 11.1 Å². The van der Waals surface area contributed by atoms with Crippen LogP contribution in [0.2, 0.25) is 0 Å². The summed E-state index contributed by atoms with van der Waals surface area (Å²) in [6, 6.07) is -2.11. The van der Waals surface area contributed by atoms with Gasteiger partial charge in [0.1, 0.15) is 6.04 Å². The highest BCUT2D eigenvalue weighted by Crippen LogP contribution is 2.17. The number of carboxylic acids is 1. The van der Waals surface area contributed by atoms with E-state index in [1.165, 1.54) is 0 Å². The van der Waals surface area contributed by atoms with Gasteiger partial charge >= 0.3 is 5.97 Å². The number of aliphatic hydroxyl groups excluding tert-OH is 1. The van der Waals surface area contributed by atoms with Gasteiger partial charge in [0.2, 0.25) is 5.91 Å². The molecule has 0 rings (SSSR count). The molecule has 0 aliphatic rings. The molecule has 0 radical (unpaired) electrons. The molecule has 0 aromatic heterocycles. The van der Waals surface area contributed by atoms with Crippen LogP contribution >= 0.6 is 0 Å². The van der Waals surface area contributed by atoms with Crippen LogP contribution in [0.25, 0.3) is 0 Å². The van der Waals surface area contributed by atoms with Crippen molar-refractivity contribution in [2.24, 2.45) is 11.1 Å². The number of carbonyl (C=O) groups is 2. The summed E-state index contributed by atoms with van der Waals surface area (Å²) in [4.78, 5) is 22.0. The number of aliphatic carboxylic acids is 1. The molecule has 0 unspecified atom stereocenters. The molecule has 6 heteroatoms. The molecule has 0 bridgehead atoms. The zero-order chi connectivity index (χ0) is 12.2. The lowest BCUT2D eigenvalue weighted by Crippen LogP contribution is -2.54. The largest absolute Gasteiger partial charge is 0.480 e. The highest BCUT2D eigenvalue weighted by Gasteiger charge is 2.30. The third-order valence-corrected chi connectivity index (χ3v) is 2.01. The summed E-state index contributed by atoms with van der Waals surface area (Å²) in [5.74, 6) is -1.86. The Hall–Kier alpha value is -1.14. The van der Waals surface area contributed by atoms with E-state index in [-0.39, 0.29) is 0 Å². The number of nitrogens with two attached hydrogens (primary N) is 1. The summed E-state index contributed by atoms with van der Waals surface area (Å²) < 4.78 is 0. The maximum atomic E-state index is 11.5. The van der Waals surface area contributed by atoms with Crippen LogP contribution in [0.15, 0.2) is 0 Å². The Morgan fingerprint density at radius 2 is 1.87 bits per heavy atom. The van der Waals surface area contributed by atoms with Gasteiger partial charge in [-0.3, -0.25) is 4.79 Å². The summed E-state index contributed by atoms with van der Waals surface area (Å²) in [6.07, 6.45) is 0. The average molecular weight is 218 g/mol. The van der Waals surface area contributed by atoms with Crippen LogP contribution in [-0.4, -0.2) is 40.8 Å². The lowest BCUT2D eigenvalue weighted by Gasteiger charge is -2.26. The normalized spacial score (nSPS) is 15.5. The van der Waals surface area contributed by atoms with E-state index in [2.05, 4.69) is 5.32 Å². The van der Waals surface area contributed by atoms with Crippen molar-refractivity contribution in [3.05, 3.63) is 0 Å². The topological polar surface area (TPSA) is 113 Å². The number of aliphatic hydroxyl groups is 1. The molecule has 0 aromatic carbocycles. The van der Waals surface area contributed by atoms with E-state index in [1.54, 1.807) is 20.8 Å². The smallest absolute Gasteiger partial charge is 0.328 e. The molecular formula is C9H18N2O4. The molecule has 1 amide bonds. The third kappa shape index (κ3) is 4.26. The maximum Gasteiger partial charge on any atom is 0.328 e. The Kier molecular flexibility index (Phi) is 4.70. The van der Waals surface area contributed by atoms with Crippen molar-refractivity contribution in [2.45, 2.75) is 32.9 Å². The van der Waals surface area contributed by atoms with Crippen LogP contribution in [-0.2, 0) is 9.59 Å². The highest BCUT2D eigenvalue weighted by atomic mass is 16.4. The molecule has 88 valence electrons. The quantitative estimate of drug-likeness (QED) is 0.479. The van der Waals surface area contributed by atoms with Gasteiger partial charge in [0.15, 0.2) is 0 Å². The average Bonchev–Trinajstić information content (AvgIpc) is 2.10. The number of rotatable bonds is 4. The van der Waals surface area contributed by atoms with E-state index in [0.29, 0.717) is 0 Å². The number of carbonyl (C=O) groups excluding carboxylic acids is 1. The standard InChI is InChI=1S/C9H18N2O4/c1-9(2,3)6(10)7(13)11-5(4-12)8(14)15/h5-6,12H,4,10H2,1-3H3,(H,11,13)(H,14,15)/t5-,6-/m0/s1. The summed E-state index contributed by atoms with van der Waals surface area (Å²) in [5, 5.41) is 19.4. The van der Waals surface area contributed by atoms with Crippen molar-refractivity contribution in [1.29, 1.82) is 0 Å². The second-order valence-corrected chi connectivity index (χ2v) is 4.43. The van der Waals surface area contributed by atoms with E-state index in [1.807, 2.05) is 0 Å². The minimum Gasteiger partial charge on any atom is -0.480 e. The zero-order valence-corrected chi connectivity index (χ0v) is 9.15. The first kappa shape index (κ1) is 13.9. The van der Waals surface area contributed by atoms with E-state index >= 15 is 0 Å². The van der Waals surface area contributed by atoms with Crippen molar-refractivity contribution in [3.8, 4) is 0 Å². The minimum absolute atomic E-state index is 0.456. The van der Waals surface area contributed by atoms with Crippen LogP contribution in [0.4, 0.5) is 0 Å². The fraction of sp³-hybridized carbons (Fsp3) is 0.778. The highest BCUT2D eigenvalue weighted by molar-refractivity contribution is 5.87. The lowest BCUT2D eigenvalue weighted by atomic mass is 9.87. The van der Waals surface area contributed by atoms with E-state index < -0.39 is 36.0 Å². The Bertz CT molecular complexity index is 247. The molecule has 0 aromatic rings. The molecule has 15 heavy (non-hydrogen) atoms. The molecular weight excluding hydrogens is 200 g/mol. The van der Waals surface area contributed by atoms with Crippen molar-refractivity contribution in [1.82, 2.24) is 5.32 Å². The number of hydrogen-bond donors (Lipinski definition) is 4. The number of hydrogen-bond acceptors (Lipinski definition) is 4. The Labute approximate surface area is 88.5 Å². The van der Waals surface area contributed by atoms with Gasteiger partial charge in [0, 0.05) is 0 Å². The van der Waals surface area contributed by atoms with Gasteiger partial charge in [-0.05, 0) is 5.41 Å². The summed E-state index contributed by atoms with van der Waals surface area (Å²) >= 11 is 0. The predicted molar refractivity (Wildman–Crippen MR) is 54.1 cm³/mol. The van der Waals surface area contributed by atoms with Crippen molar-refractivity contribution in [2.75, 3.05) is 6.61 Å². The molecule has 0 aliphatic carbocycles. The van der Waals surface area contributed by atoms with Gasteiger partial charge < -0.3 is 21.3 Å². The zero-order valence-electron chi connectivity index (χ0n) is 9.15. The van der Waals surface area contributed by atoms with Crippen molar-refractivity contribution in [3.63, 3.8) is 0 Å². The Balaban J connectivity index is 4.42. The molecule has 5 N–H and O–H groups in total. The molecule has 6 nitrogen and oxygen atoms in total. The fourth-order valence-electron chi connectivity index (χ4n) is 0.840. The van der Waals surface area contributed by atoms with Gasteiger partial charge in [-0.25, -0.2) is 4.79 Å². The molecule has 0 heterocycles. The first-order chi connectivity index (χ1) is 6.70. The van der Waals surface area contributed by atoms with Gasteiger partial charge in [-0.15, -0.1) is 0 Å². The fourth-order valence-corrected chi connectivity index (χ4v) is 0.840. The van der Waals surface area contributed by atoms with Gasteiger partial charge in [-0.2, -0.15) is 0 Å². The first-order valence-electron chi connectivity index (χ1n) is 4.59. The summed E-state index contributed by atoms with van der Waals surface area (Å²) in [7, 11) is 0. The molecule has 0 spiro atoms. The van der Waals surface area contributed by atoms with Crippen LogP contribution in [0.1, 0.15) is 20.8 Å². The van der Waals surface area contributed by atoms with Crippen LogP contribution in [0.5, 0.6) is 0 Å². The number of carboxylic acid groups (broad SMARTS) is 1. The molecule has 0 aliphatic heterocycles. The van der Waals surface area contributed by atoms with Crippen LogP contribution in [0, 0.1) is 5.41 Å². The van der Waals surface area contributed by atoms with Gasteiger partial charge in [0.25, 0.3) is 0 Å². The second-order valence-electron chi connectivity index (χ2n) is 4.43. The third-order valence-electron chi connectivity index (χ3n) is 2.01. The van der Waals surface area contributed by atoms with Crippen LogP contribution in [0.3, 0.4) is 0 Å². The summed E-state index contributed by atoms with van der Waals surface area (Å²) in [6.45, 7) is 4.65. The molecule has 0 saturated heterocycles. The van der Waals surface area contributed by atoms with Gasteiger partial charge in [-0.1, -0.05) is 20.8 Å². The second kappa shape index (κ2) is 5.09. The molecule has 2 atom stereocenters. The monoisotopic (exact) mass is 218 g/mol.